The minimum Gasteiger partial charge on any atom is -0.393 e. The Morgan fingerprint density at radius 3 is 1.41 bits per heavy atom. The molecule has 0 spiro atoms. The van der Waals surface area contributed by atoms with E-state index in [0.717, 1.165) is 0 Å². The van der Waals surface area contributed by atoms with Crippen molar-refractivity contribution in [2.24, 2.45) is 35.5 Å². The van der Waals surface area contributed by atoms with Crippen LogP contribution in [0.1, 0.15) is 38.5 Å². The Balaban J connectivity index is 1.34. The normalized spacial score (nSPS) is 37.9. The van der Waals surface area contributed by atoms with E-state index in [1.807, 2.05) is 0 Å². The molecule has 4 fully saturated rings. The van der Waals surface area contributed by atoms with Gasteiger partial charge in [0.2, 0.25) is 0 Å². The molecule has 0 radical (unpaired) electrons. The minimum atomic E-state index is -0.724. The molecule has 4 rings (SSSR count). The molecule has 6 unspecified atom stereocenters. The first kappa shape index (κ1) is 17.8. The maximum Gasteiger partial charge on any atom is 0.317 e. The average Bonchev–Trinajstić information content (AvgIpc) is 3.10. The van der Waals surface area contributed by atoms with E-state index in [0.29, 0.717) is 25.7 Å². The summed E-state index contributed by atoms with van der Waals surface area (Å²) in [5.41, 5.74) is 0. The molecule has 2 saturated heterocycles. The lowest BCUT2D eigenvalue weighted by atomic mass is 9.75. The Morgan fingerprint density at radius 1 is 0.630 bits per heavy atom. The molecule has 9 heteroatoms. The van der Waals surface area contributed by atoms with Crippen molar-refractivity contribution in [1.82, 2.24) is 0 Å². The van der Waals surface area contributed by atoms with Crippen LogP contribution in [-0.2, 0) is 43.0 Å². The Hall–Kier alpha value is -2.58. The first-order valence-corrected chi connectivity index (χ1v) is 9.11. The summed E-state index contributed by atoms with van der Waals surface area (Å²) in [7, 11) is 0. The SMILES string of the molecule is O=C(OC(=O)C1CCC2C(=O)OC(=O)C2C1)C1CCC2C(=O)OC(=O)C2C1. The molecule has 4 aliphatic rings. The van der Waals surface area contributed by atoms with Crippen molar-refractivity contribution in [2.45, 2.75) is 38.5 Å². The van der Waals surface area contributed by atoms with Crippen molar-refractivity contribution >= 4 is 35.8 Å². The number of rotatable bonds is 2. The van der Waals surface area contributed by atoms with Crippen LogP contribution in [0.15, 0.2) is 0 Å². The van der Waals surface area contributed by atoms with Crippen LogP contribution in [0, 0.1) is 35.5 Å². The molecule has 2 aliphatic heterocycles. The Bertz CT molecular complexity index is 692. The highest BCUT2D eigenvalue weighted by Gasteiger charge is 2.51. The highest BCUT2D eigenvalue weighted by molar-refractivity contribution is 5.98. The lowest BCUT2D eigenvalue weighted by molar-refractivity contribution is -0.168. The van der Waals surface area contributed by atoms with Gasteiger partial charge in [0.1, 0.15) is 0 Å². The van der Waals surface area contributed by atoms with Gasteiger partial charge in [-0.25, -0.2) is 0 Å². The highest BCUT2D eigenvalue weighted by atomic mass is 16.6. The summed E-state index contributed by atoms with van der Waals surface area (Å²) in [6, 6.07) is 0. The zero-order chi connectivity index (χ0) is 19.3. The van der Waals surface area contributed by atoms with Crippen LogP contribution in [0.4, 0.5) is 0 Å². The van der Waals surface area contributed by atoms with E-state index in [1.54, 1.807) is 0 Å². The Kier molecular flexibility index (Phi) is 4.32. The van der Waals surface area contributed by atoms with Crippen LogP contribution in [0.2, 0.25) is 0 Å². The second kappa shape index (κ2) is 6.54. The van der Waals surface area contributed by atoms with Gasteiger partial charge in [-0.1, -0.05) is 0 Å². The maximum absolute atomic E-state index is 12.3. The molecule has 0 aromatic rings. The number of cyclic esters (lactones) is 4. The van der Waals surface area contributed by atoms with E-state index in [-0.39, 0.29) is 12.8 Å². The van der Waals surface area contributed by atoms with Gasteiger partial charge in [0.05, 0.1) is 35.5 Å². The molecule has 0 aromatic carbocycles. The molecule has 6 atom stereocenters. The number of ether oxygens (including phenoxy) is 3. The summed E-state index contributed by atoms with van der Waals surface area (Å²) in [5, 5.41) is 0. The molecule has 9 nitrogen and oxygen atoms in total. The van der Waals surface area contributed by atoms with Crippen LogP contribution in [-0.4, -0.2) is 35.8 Å². The third-order valence-electron chi connectivity index (χ3n) is 6.18. The first-order valence-electron chi connectivity index (χ1n) is 9.11. The van der Waals surface area contributed by atoms with Gasteiger partial charge in [-0.3, -0.25) is 28.8 Å². The summed E-state index contributed by atoms with van der Waals surface area (Å²) in [6.45, 7) is 0. The van der Waals surface area contributed by atoms with E-state index >= 15 is 0 Å². The monoisotopic (exact) mass is 378 g/mol. The molecule has 0 aromatic heterocycles. The summed E-state index contributed by atoms with van der Waals surface area (Å²) in [4.78, 5) is 71.2. The number of carbonyl (C=O) groups is 6. The molecular formula is C18H18O9. The van der Waals surface area contributed by atoms with Crippen LogP contribution < -0.4 is 0 Å². The topological polar surface area (TPSA) is 130 Å². The van der Waals surface area contributed by atoms with E-state index in [9.17, 15) is 28.8 Å². The zero-order valence-electron chi connectivity index (χ0n) is 14.4. The van der Waals surface area contributed by atoms with E-state index in [1.165, 1.54) is 0 Å². The summed E-state index contributed by atoms with van der Waals surface area (Å²) >= 11 is 0. The van der Waals surface area contributed by atoms with Crippen molar-refractivity contribution in [3.63, 3.8) is 0 Å². The Morgan fingerprint density at radius 2 is 1.00 bits per heavy atom. The summed E-state index contributed by atoms with van der Waals surface area (Å²) in [5.74, 6) is -7.46. The standard InChI is InChI=1S/C18H18O9/c19-13(7-1-3-9-11(5-7)17(23)26-15(9)21)25-14(20)8-2-4-10-12(6-8)18(24)27-16(10)22/h7-12H,1-6H2. The van der Waals surface area contributed by atoms with Crippen molar-refractivity contribution in [3.05, 3.63) is 0 Å². The van der Waals surface area contributed by atoms with Gasteiger partial charge in [-0.2, -0.15) is 0 Å². The fraction of sp³-hybridized carbons (Fsp3) is 0.667. The minimum absolute atomic E-state index is 0.123. The first-order chi connectivity index (χ1) is 12.8. The third-order valence-corrected chi connectivity index (χ3v) is 6.18. The predicted molar refractivity (Wildman–Crippen MR) is 81.9 cm³/mol. The maximum atomic E-state index is 12.3. The number of fused-ring (bicyclic) bond motifs is 2. The average molecular weight is 378 g/mol. The van der Waals surface area contributed by atoms with Crippen molar-refractivity contribution in [2.75, 3.05) is 0 Å². The Labute approximate surface area is 153 Å². The van der Waals surface area contributed by atoms with Gasteiger partial charge in [-0.15, -0.1) is 0 Å². The van der Waals surface area contributed by atoms with Crippen LogP contribution >= 0.6 is 0 Å². The van der Waals surface area contributed by atoms with Crippen molar-refractivity contribution in [1.29, 1.82) is 0 Å². The van der Waals surface area contributed by atoms with Gasteiger partial charge in [0, 0.05) is 0 Å². The van der Waals surface area contributed by atoms with Gasteiger partial charge in [0.15, 0.2) is 0 Å². The number of esters is 6. The molecule has 2 aliphatic carbocycles. The van der Waals surface area contributed by atoms with Crippen LogP contribution in [0.5, 0.6) is 0 Å². The fourth-order valence-corrected chi connectivity index (χ4v) is 4.62. The van der Waals surface area contributed by atoms with Crippen molar-refractivity contribution in [3.8, 4) is 0 Å². The number of hydrogen-bond donors (Lipinski definition) is 0. The van der Waals surface area contributed by atoms with Gasteiger partial charge in [0.25, 0.3) is 0 Å². The quantitative estimate of drug-likeness (QED) is 0.378. The zero-order valence-corrected chi connectivity index (χ0v) is 14.4. The van der Waals surface area contributed by atoms with Crippen LogP contribution in [0.3, 0.4) is 0 Å². The number of carbonyl (C=O) groups excluding carboxylic acids is 6. The second-order valence-corrected chi connectivity index (χ2v) is 7.67. The molecule has 2 saturated carbocycles. The lowest BCUT2D eigenvalue weighted by Crippen LogP contribution is -2.36. The highest BCUT2D eigenvalue weighted by Crippen LogP contribution is 2.41. The van der Waals surface area contributed by atoms with Crippen molar-refractivity contribution < 1.29 is 43.0 Å². The smallest absolute Gasteiger partial charge is 0.317 e. The molecule has 0 N–H and O–H groups in total. The molecular weight excluding hydrogens is 360 g/mol. The molecule has 0 amide bonds. The number of hydrogen-bond acceptors (Lipinski definition) is 9. The second-order valence-electron chi connectivity index (χ2n) is 7.67. The third kappa shape index (κ3) is 3.04. The van der Waals surface area contributed by atoms with E-state index in [2.05, 4.69) is 9.47 Å². The predicted octanol–water partition coefficient (Wildman–Crippen LogP) is 0.288. The van der Waals surface area contributed by atoms with Gasteiger partial charge >= 0.3 is 35.8 Å². The lowest BCUT2D eigenvalue weighted by Gasteiger charge is -2.28. The summed E-state index contributed by atoms with van der Waals surface area (Å²) < 4.78 is 14.2. The molecule has 0 bridgehead atoms. The summed E-state index contributed by atoms with van der Waals surface area (Å²) in [6.07, 6.45) is 1.60. The molecule has 144 valence electrons. The molecule has 2 heterocycles. The fourth-order valence-electron chi connectivity index (χ4n) is 4.62. The van der Waals surface area contributed by atoms with Crippen LogP contribution in [0.25, 0.3) is 0 Å². The van der Waals surface area contributed by atoms with Gasteiger partial charge < -0.3 is 14.2 Å². The largest absolute Gasteiger partial charge is 0.393 e. The van der Waals surface area contributed by atoms with E-state index < -0.39 is 71.3 Å². The van der Waals surface area contributed by atoms with Gasteiger partial charge in [-0.05, 0) is 38.5 Å². The van der Waals surface area contributed by atoms with E-state index in [4.69, 9.17) is 4.74 Å². The molecule has 27 heavy (non-hydrogen) atoms.